The monoisotopic (exact) mass is 241 g/mol. The zero-order chi connectivity index (χ0) is 12.3. The van der Waals surface area contributed by atoms with E-state index in [1.807, 2.05) is 14.0 Å². The van der Waals surface area contributed by atoms with Crippen LogP contribution in [0.25, 0.3) is 0 Å². The van der Waals surface area contributed by atoms with Gasteiger partial charge in [0, 0.05) is 20.2 Å². The molecule has 17 heavy (non-hydrogen) atoms. The third-order valence-electron chi connectivity index (χ3n) is 3.50. The molecule has 0 bridgehead atoms. The average molecular weight is 241 g/mol. The Morgan fingerprint density at radius 3 is 2.82 bits per heavy atom. The van der Waals surface area contributed by atoms with Crippen LogP contribution in [0.3, 0.4) is 0 Å². The first-order valence-electron chi connectivity index (χ1n) is 6.65. The highest BCUT2D eigenvalue weighted by Gasteiger charge is 2.26. The first-order valence-corrected chi connectivity index (χ1v) is 6.65. The van der Waals surface area contributed by atoms with Gasteiger partial charge in [-0.15, -0.1) is 0 Å². The van der Waals surface area contributed by atoms with Gasteiger partial charge in [-0.2, -0.15) is 0 Å². The maximum atomic E-state index is 12.0. The molecule has 0 radical (unpaired) electrons. The van der Waals surface area contributed by atoms with E-state index in [1.165, 1.54) is 12.8 Å². The lowest BCUT2D eigenvalue weighted by atomic mass is 10.2. The van der Waals surface area contributed by atoms with Crippen LogP contribution in [0.2, 0.25) is 0 Å². The predicted octanol–water partition coefficient (Wildman–Crippen LogP) is 1.44. The number of nitrogens with zero attached hydrogens (tertiary/aromatic N) is 1. The van der Waals surface area contributed by atoms with Crippen molar-refractivity contribution in [1.82, 2.24) is 4.90 Å². The van der Waals surface area contributed by atoms with E-state index in [9.17, 15) is 4.79 Å². The van der Waals surface area contributed by atoms with Crippen molar-refractivity contribution in [3.05, 3.63) is 0 Å². The summed E-state index contributed by atoms with van der Waals surface area (Å²) in [4.78, 5) is 13.8. The maximum absolute atomic E-state index is 12.0. The number of carbonyl (C=O) groups is 1. The molecule has 0 aromatic rings. The van der Waals surface area contributed by atoms with Crippen molar-refractivity contribution in [3.8, 4) is 0 Å². The molecule has 2 fully saturated rings. The van der Waals surface area contributed by atoms with Crippen molar-refractivity contribution in [2.75, 3.05) is 26.8 Å². The Labute approximate surface area is 103 Å². The van der Waals surface area contributed by atoms with Crippen LogP contribution in [0.1, 0.15) is 32.6 Å². The second-order valence-corrected chi connectivity index (χ2v) is 5.27. The third-order valence-corrected chi connectivity index (χ3v) is 3.50. The van der Waals surface area contributed by atoms with Crippen molar-refractivity contribution in [2.45, 2.75) is 44.8 Å². The average Bonchev–Trinajstić information content (AvgIpc) is 3.02. The van der Waals surface area contributed by atoms with Gasteiger partial charge in [0.05, 0.1) is 12.7 Å². The fraction of sp³-hybridized carbons (Fsp3) is 0.923. The van der Waals surface area contributed by atoms with E-state index in [2.05, 4.69) is 0 Å². The molecule has 1 saturated carbocycles. The molecule has 1 saturated heterocycles. The number of amides is 1. The van der Waals surface area contributed by atoms with Gasteiger partial charge >= 0.3 is 0 Å². The van der Waals surface area contributed by atoms with Gasteiger partial charge < -0.3 is 14.4 Å². The zero-order valence-electron chi connectivity index (χ0n) is 10.9. The van der Waals surface area contributed by atoms with Crippen LogP contribution in [0.5, 0.6) is 0 Å². The second-order valence-electron chi connectivity index (χ2n) is 5.27. The molecule has 4 heteroatoms. The number of rotatable bonds is 6. The number of hydrogen-bond donors (Lipinski definition) is 0. The SMILES string of the molecule is CC(OCC1CC1)C(=O)N(C)CC1CCCO1. The van der Waals surface area contributed by atoms with E-state index >= 15 is 0 Å². The van der Waals surface area contributed by atoms with Crippen molar-refractivity contribution in [3.63, 3.8) is 0 Å². The molecule has 0 aromatic heterocycles. The van der Waals surface area contributed by atoms with Gasteiger partial charge in [-0.05, 0) is 38.5 Å². The van der Waals surface area contributed by atoms with Crippen LogP contribution >= 0.6 is 0 Å². The summed E-state index contributed by atoms with van der Waals surface area (Å²) in [5.74, 6) is 0.773. The minimum atomic E-state index is -0.318. The van der Waals surface area contributed by atoms with Crippen LogP contribution in [0.15, 0.2) is 0 Å². The van der Waals surface area contributed by atoms with E-state index in [-0.39, 0.29) is 18.1 Å². The molecule has 1 amide bonds. The molecule has 2 aliphatic rings. The number of carbonyl (C=O) groups excluding carboxylic acids is 1. The molecular weight excluding hydrogens is 218 g/mol. The molecular formula is C13H23NO3. The van der Waals surface area contributed by atoms with Crippen molar-refractivity contribution in [1.29, 1.82) is 0 Å². The van der Waals surface area contributed by atoms with Gasteiger partial charge in [0.15, 0.2) is 0 Å². The minimum absolute atomic E-state index is 0.0705. The molecule has 1 heterocycles. The first kappa shape index (κ1) is 12.8. The third kappa shape index (κ3) is 3.96. The van der Waals surface area contributed by atoms with Gasteiger partial charge in [0.2, 0.25) is 0 Å². The first-order chi connectivity index (χ1) is 8.16. The fourth-order valence-electron chi connectivity index (χ4n) is 2.13. The standard InChI is InChI=1S/C13H23NO3/c1-10(17-9-11-5-6-11)13(15)14(2)8-12-4-3-7-16-12/h10-12H,3-9H2,1-2H3. The number of likely N-dealkylation sites (N-methyl/N-ethyl adjacent to an activating group) is 1. The lowest BCUT2D eigenvalue weighted by Gasteiger charge is -2.24. The smallest absolute Gasteiger partial charge is 0.251 e. The van der Waals surface area contributed by atoms with Gasteiger partial charge in [0.1, 0.15) is 6.10 Å². The lowest BCUT2D eigenvalue weighted by molar-refractivity contribution is -0.142. The molecule has 0 aromatic carbocycles. The Hall–Kier alpha value is -0.610. The molecule has 0 N–H and O–H groups in total. The molecule has 4 nitrogen and oxygen atoms in total. The van der Waals surface area contributed by atoms with Gasteiger partial charge in [-0.25, -0.2) is 0 Å². The summed E-state index contributed by atoms with van der Waals surface area (Å²) in [5, 5.41) is 0. The van der Waals surface area contributed by atoms with E-state index in [0.717, 1.165) is 26.1 Å². The second kappa shape index (κ2) is 5.83. The van der Waals surface area contributed by atoms with Crippen LogP contribution in [0.4, 0.5) is 0 Å². The summed E-state index contributed by atoms with van der Waals surface area (Å²) in [6, 6.07) is 0. The topological polar surface area (TPSA) is 38.8 Å². The molecule has 1 aliphatic carbocycles. The summed E-state index contributed by atoms with van der Waals surface area (Å²) in [7, 11) is 1.83. The predicted molar refractivity (Wildman–Crippen MR) is 64.7 cm³/mol. The number of hydrogen-bond acceptors (Lipinski definition) is 3. The highest BCUT2D eigenvalue weighted by atomic mass is 16.5. The van der Waals surface area contributed by atoms with Crippen molar-refractivity contribution in [2.24, 2.45) is 5.92 Å². The van der Waals surface area contributed by atoms with E-state index < -0.39 is 0 Å². The molecule has 0 spiro atoms. The maximum Gasteiger partial charge on any atom is 0.251 e. The van der Waals surface area contributed by atoms with E-state index in [0.29, 0.717) is 12.5 Å². The van der Waals surface area contributed by atoms with E-state index in [4.69, 9.17) is 9.47 Å². The summed E-state index contributed by atoms with van der Waals surface area (Å²) in [6.07, 6.45) is 4.59. The molecule has 98 valence electrons. The Balaban J connectivity index is 1.68. The lowest BCUT2D eigenvalue weighted by Crippen LogP contribution is -2.40. The van der Waals surface area contributed by atoms with E-state index in [1.54, 1.807) is 4.90 Å². The van der Waals surface area contributed by atoms with Crippen LogP contribution in [-0.4, -0.2) is 49.8 Å². The zero-order valence-corrected chi connectivity index (χ0v) is 10.9. The van der Waals surface area contributed by atoms with Gasteiger partial charge in [-0.1, -0.05) is 0 Å². The Bertz CT molecular complexity index is 259. The van der Waals surface area contributed by atoms with Crippen molar-refractivity contribution < 1.29 is 14.3 Å². The highest BCUT2D eigenvalue weighted by molar-refractivity contribution is 5.80. The quantitative estimate of drug-likeness (QED) is 0.706. The normalized spacial score (nSPS) is 25.9. The molecule has 2 rings (SSSR count). The minimum Gasteiger partial charge on any atom is -0.376 e. The summed E-state index contributed by atoms with van der Waals surface area (Å²) < 4.78 is 11.1. The summed E-state index contributed by atoms with van der Waals surface area (Å²) >= 11 is 0. The molecule has 1 aliphatic heterocycles. The Morgan fingerprint density at radius 1 is 1.47 bits per heavy atom. The van der Waals surface area contributed by atoms with Crippen LogP contribution in [-0.2, 0) is 14.3 Å². The molecule has 2 unspecified atom stereocenters. The number of ether oxygens (including phenoxy) is 2. The fourth-order valence-corrected chi connectivity index (χ4v) is 2.13. The molecule has 2 atom stereocenters. The van der Waals surface area contributed by atoms with Crippen LogP contribution < -0.4 is 0 Å². The Morgan fingerprint density at radius 2 is 2.24 bits per heavy atom. The largest absolute Gasteiger partial charge is 0.376 e. The van der Waals surface area contributed by atoms with Crippen molar-refractivity contribution >= 4 is 5.91 Å². The summed E-state index contributed by atoms with van der Waals surface area (Å²) in [5.41, 5.74) is 0. The highest BCUT2D eigenvalue weighted by Crippen LogP contribution is 2.29. The summed E-state index contributed by atoms with van der Waals surface area (Å²) in [6.45, 7) is 4.10. The van der Waals surface area contributed by atoms with Gasteiger partial charge in [0.25, 0.3) is 5.91 Å². The Kier molecular flexibility index (Phi) is 4.40. The van der Waals surface area contributed by atoms with Gasteiger partial charge in [-0.3, -0.25) is 4.79 Å². The van der Waals surface area contributed by atoms with Crippen LogP contribution in [0, 0.1) is 5.92 Å².